The van der Waals surface area contributed by atoms with Crippen LogP contribution in [0.1, 0.15) is 17.9 Å². The summed E-state index contributed by atoms with van der Waals surface area (Å²) in [4.78, 5) is 27.4. The number of cyclic esters (lactones) is 1. The lowest BCUT2D eigenvalue weighted by molar-refractivity contribution is -0.136. The maximum Gasteiger partial charge on any atom is 0.336 e. The van der Waals surface area contributed by atoms with Crippen LogP contribution in [-0.4, -0.2) is 39.8 Å². The Balaban J connectivity index is 1.87. The second kappa shape index (κ2) is 7.91. The highest BCUT2D eigenvalue weighted by Gasteiger charge is 2.44. The van der Waals surface area contributed by atoms with E-state index < -0.39 is 11.9 Å². The van der Waals surface area contributed by atoms with Crippen LogP contribution in [0.5, 0.6) is 17.2 Å². The smallest absolute Gasteiger partial charge is 0.336 e. The minimum absolute atomic E-state index is 0.0124. The van der Waals surface area contributed by atoms with Crippen LogP contribution in [-0.2, 0) is 14.3 Å². The SMILES string of the molecule is COc1cc(OC)c([C@@H]2CC(=O)N(c3cccc(Cl)c3)C3=C2C(=O)OC3)cc1OC. The maximum atomic E-state index is 13.2. The van der Waals surface area contributed by atoms with E-state index in [0.717, 1.165) is 0 Å². The Morgan fingerprint density at radius 3 is 2.37 bits per heavy atom. The van der Waals surface area contributed by atoms with E-state index in [9.17, 15) is 9.59 Å². The molecule has 2 heterocycles. The number of carbonyl (C=O) groups excluding carboxylic acids is 2. The average molecular weight is 430 g/mol. The monoisotopic (exact) mass is 429 g/mol. The van der Waals surface area contributed by atoms with Gasteiger partial charge in [0, 0.05) is 29.0 Å². The molecule has 0 saturated heterocycles. The third-order valence-corrected chi connectivity index (χ3v) is 5.53. The van der Waals surface area contributed by atoms with Gasteiger partial charge in [-0.2, -0.15) is 0 Å². The molecule has 7 nitrogen and oxygen atoms in total. The lowest BCUT2D eigenvalue weighted by Crippen LogP contribution is -2.37. The molecule has 0 saturated carbocycles. The molecule has 156 valence electrons. The summed E-state index contributed by atoms with van der Waals surface area (Å²) >= 11 is 6.11. The van der Waals surface area contributed by atoms with Gasteiger partial charge in [0.1, 0.15) is 12.4 Å². The Hall–Kier alpha value is -3.19. The Kier molecular flexibility index (Phi) is 5.30. The van der Waals surface area contributed by atoms with Gasteiger partial charge in [0.15, 0.2) is 11.5 Å². The summed E-state index contributed by atoms with van der Waals surface area (Å²) in [7, 11) is 4.57. The number of halogens is 1. The number of carbonyl (C=O) groups is 2. The Labute approximate surface area is 178 Å². The first-order valence-corrected chi connectivity index (χ1v) is 9.64. The number of anilines is 1. The highest BCUT2D eigenvalue weighted by Crippen LogP contribution is 2.47. The van der Waals surface area contributed by atoms with Crippen molar-refractivity contribution >= 4 is 29.2 Å². The average Bonchev–Trinajstić information content (AvgIpc) is 3.13. The number of nitrogens with zero attached hydrogens (tertiary/aromatic N) is 1. The predicted octanol–water partition coefficient (Wildman–Crippen LogP) is 3.70. The van der Waals surface area contributed by atoms with Gasteiger partial charge in [-0.25, -0.2) is 4.79 Å². The predicted molar refractivity (Wildman–Crippen MR) is 110 cm³/mol. The van der Waals surface area contributed by atoms with E-state index in [2.05, 4.69) is 0 Å². The van der Waals surface area contributed by atoms with E-state index in [-0.39, 0.29) is 18.9 Å². The Morgan fingerprint density at radius 2 is 1.70 bits per heavy atom. The second-order valence-electron chi connectivity index (χ2n) is 6.85. The van der Waals surface area contributed by atoms with Crippen LogP contribution in [0.25, 0.3) is 0 Å². The van der Waals surface area contributed by atoms with Crippen molar-refractivity contribution in [1.82, 2.24) is 0 Å². The molecule has 0 spiro atoms. The summed E-state index contributed by atoms with van der Waals surface area (Å²) in [5.74, 6) is 0.305. The molecule has 4 rings (SSSR count). The van der Waals surface area contributed by atoms with E-state index in [1.54, 1.807) is 36.4 Å². The van der Waals surface area contributed by atoms with Gasteiger partial charge in [-0.05, 0) is 24.3 Å². The van der Waals surface area contributed by atoms with Crippen molar-refractivity contribution in [3.63, 3.8) is 0 Å². The quantitative estimate of drug-likeness (QED) is 0.675. The van der Waals surface area contributed by atoms with Crippen LogP contribution in [0.3, 0.4) is 0 Å². The second-order valence-corrected chi connectivity index (χ2v) is 7.29. The standard InChI is InChI=1S/C22H20ClNO6/c1-27-17-10-19(29-3)18(28-2)8-14(17)15-9-20(25)24(13-6-4-5-12(23)7-13)16-11-30-22(26)21(15)16/h4-8,10,15H,9,11H2,1-3H3/t15-/m0/s1. The number of methoxy groups -OCH3 is 3. The molecule has 2 aliphatic heterocycles. The lowest BCUT2D eigenvalue weighted by Gasteiger charge is -2.32. The first-order valence-electron chi connectivity index (χ1n) is 9.27. The molecule has 0 aliphatic carbocycles. The van der Waals surface area contributed by atoms with Crippen LogP contribution in [0.15, 0.2) is 47.7 Å². The van der Waals surface area contributed by atoms with E-state index >= 15 is 0 Å². The zero-order valence-corrected chi connectivity index (χ0v) is 17.5. The van der Waals surface area contributed by atoms with Gasteiger partial charge in [0.2, 0.25) is 5.91 Å². The molecule has 2 aromatic carbocycles. The van der Waals surface area contributed by atoms with Gasteiger partial charge in [0.05, 0.1) is 38.3 Å². The van der Waals surface area contributed by atoms with Crippen LogP contribution < -0.4 is 19.1 Å². The number of rotatable bonds is 5. The fourth-order valence-electron chi connectivity index (χ4n) is 3.96. The van der Waals surface area contributed by atoms with Crippen molar-refractivity contribution in [2.45, 2.75) is 12.3 Å². The van der Waals surface area contributed by atoms with Gasteiger partial charge in [-0.3, -0.25) is 9.69 Å². The summed E-state index contributed by atoms with van der Waals surface area (Å²) in [5.41, 5.74) is 2.19. The molecular formula is C22H20ClNO6. The number of hydrogen-bond donors (Lipinski definition) is 0. The lowest BCUT2D eigenvalue weighted by atomic mass is 9.83. The maximum absolute atomic E-state index is 13.2. The number of amides is 1. The molecule has 0 N–H and O–H groups in total. The summed E-state index contributed by atoms with van der Waals surface area (Å²) in [6.45, 7) is 0.0124. The van der Waals surface area contributed by atoms with Gasteiger partial charge >= 0.3 is 5.97 Å². The zero-order valence-electron chi connectivity index (χ0n) is 16.7. The van der Waals surface area contributed by atoms with Crippen LogP contribution in [0.2, 0.25) is 5.02 Å². The molecule has 0 unspecified atom stereocenters. The van der Waals surface area contributed by atoms with Crippen molar-refractivity contribution in [2.75, 3.05) is 32.8 Å². The van der Waals surface area contributed by atoms with Crippen molar-refractivity contribution in [3.8, 4) is 17.2 Å². The summed E-state index contributed by atoms with van der Waals surface area (Å²) < 4.78 is 21.6. The van der Waals surface area contributed by atoms with Crippen LogP contribution in [0.4, 0.5) is 5.69 Å². The summed E-state index contributed by atoms with van der Waals surface area (Å²) in [6, 6.07) is 10.4. The number of benzene rings is 2. The van der Waals surface area contributed by atoms with Gasteiger partial charge in [0.25, 0.3) is 0 Å². The van der Waals surface area contributed by atoms with E-state index in [4.69, 9.17) is 30.5 Å². The van der Waals surface area contributed by atoms with Crippen LogP contribution in [0, 0.1) is 0 Å². The Morgan fingerprint density at radius 1 is 1.00 bits per heavy atom. The fourth-order valence-corrected chi connectivity index (χ4v) is 4.14. The molecule has 1 atom stereocenters. The number of ether oxygens (including phenoxy) is 4. The van der Waals surface area contributed by atoms with Gasteiger partial charge in [-0.15, -0.1) is 0 Å². The topological polar surface area (TPSA) is 74.3 Å². The Bertz CT molecular complexity index is 1060. The van der Waals surface area contributed by atoms with Crippen molar-refractivity contribution in [2.24, 2.45) is 0 Å². The minimum atomic E-state index is -0.535. The van der Waals surface area contributed by atoms with E-state index in [1.165, 1.54) is 26.2 Å². The third-order valence-electron chi connectivity index (χ3n) is 5.30. The van der Waals surface area contributed by atoms with Crippen molar-refractivity contribution < 1.29 is 28.5 Å². The molecule has 1 amide bonds. The van der Waals surface area contributed by atoms with Gasteiger partial charge in [-0.1, -0.05) is 17.7 Å². The van der Waals surface area contributed by atoms with Crippen molar-refractivity contribution in [1.29, 1.82) is 0 Å². The molecule has 0 aromatic heterocycles. The van der Waals surface area contributed by atoms with E-state index in [0.29, 0.717) is 44.8 Å². The van der Waals surface area contributed by atoms with Gasteiger partial charge < -0.3 is 18.9 Å². The summed E-state index contributed by atoms with van der Waals surface area (Å²) in [5, 5.41) is 0.497. The zero-order chi connectivity index (χ0) is 21.4. The minimum Gasteiger partial charge on any atom is -0.496 e. The van der Waals surface area contributed by atoms with Crippen LogP contribution >= 0.6 is 11.6 Å². The molecule has 2 aromatic rings. The van der Waals surface area contributed by atoms with E-state index in [1.807, 2.05) is 0 Å². The molecular weight excluding hydrogens is 410 g/mol. The molecule has 0 fully saturated rings. The third kappa shape index (κ3) is 3.25. The molecule has 0 bridgehead atoms. The molecule has 8 heteroatoms. The summed E-state index contributed by atoms with van der Waals surface area (Å²) in [6.07, 6.45) is 0.0618. The van der Waals surface area contributed by atoms with Crippen molar-refractivity contribution in [3.05, 3.63) is 58.3 Å². The fraction of sp³-hybridized carbons (Fsp3) is 0.273. The molecule has 0 radical (unpaired) electrons. The molecule has 2 aliphatic rings. The first-order chi connectivity index (χ1) is 14.5. The highest BCUT2D eigenvalue weighted by atomic mass is 35.5. The number of esters is 1. The normalized spacial score (nSPS) is 18.3. The first kappa shape index (κ1) is 20.1. The number of hydrogen-bond acceptors (Lipinski definition) is 6. The highest BCUT2D eigenvalue weighted by molar-refractivity contribution is 6.31. The molecule has 30 heavy (non-hydrogen) atoms. The largest absolute Gasteiger partial charge is 0.496 e.